The van der Waals surface area contributed by atoms with Gasteiger partial charge < -0.3 is 14.8 Å². The predicted octanol–water partition coefficient (Wildman–Crippen LogP) is 3.45. The Kier molecular flexibility index (Phi) is 8.99. The number of ether oxygens (including phenoxy) is 2. The van der Waals surface area contributed by atoms with Gasteiger partial charge in [0, 0.05) is 12.2 Å². The number of nitrogens with one attached hydrogen (secondary N) is 2. The number of halogens is 4. The Hall–Kier alpha value is -2.47. The number of anilines is 1. The molecule has 0 bridgehead atoms. The Labute approximate surface area is 186 Å². The van der Waals surface area contributed by atoms with Gasteiger partial charge in [-0.2, -0.15) is 8.78 Å². The van der Waals surface area contributed by atoms with Gasteiger partial charge in [-0.25, -0.2) is 13.1 Å². The van der Waals surface area contributed by atoms with E-state index in [4.69, 9.17) is 27.9 Å². The first-order valence-corrected chi connectivity index (χ1v) is 10.8. The Morgan fingerprint density at radius 2 is 1.65 bits per heavy atom. The van der Waals surface area contributed by atoms with Gasteiger partial charge in [0.05, 0.1) is 16.5 Å². The molecule has 168 valence electrons. The van der Waals surface area contributed by atoms with Crippen molar-refractivity contribution in [2.75, 3.05) is 18.5 Å². The Morgan fingerprint density at radius 3 is 2.23 bits per heavy atom. The summed E-state index contributed by atoms with van der Waals surface area (Å²) in [5, 5.41) is 2.24. The summed E-state index contributed by atoms with van der Waals surface area (Å²) in [5.74, 6) is -1.59. The van der Waals surface area contributed by atoms with E-state index in [0.717, 1.165) is 0 Å². The maximum atomic E-state index is 12.3. The van der Waals surface area contributed by atoms with E-state index in [0.29, 0.717) is 0 Å². The molecule has 0 aliphatic carbocycles. The molecule has 0 aliphatic heterocycles. The molecule has 0 aromatic heterocycles. The fourth-order valence-corrected chi connectivity index (χ4v) is 4.41. The molecule has 0 aliphatic rings. The second-order valence-corrected chi connectivity index (χ2v) is 8.33. The van der Waals surface area contributed by atoms with Crippen molar-refractivity contribution in [3.8, 4) is 5.75 Å². The Balaban J connectivity index is 1.76. The van der Waals surface area contributed by atoms with Gasteiger partial charge in [-0.3, -0.25) is 9.59 Å². The Bertz CT molecular complexity index is 1020. The molecule has 1 amide bonds. The number of rotatable bonds is 10. The van der Waals surface area contributed by atoms with Gasteiger partial charge in [-0.15, -0.1) is 0 Å². The monoisotopic (exact) mass is 496 g/mol. The zero-order valence-corrected chi connectivity index (χ0v) is 17.9. The van der Waals surface area contributed by atoms with Gasteiger partial charge in [-0.1, -0.05) is 29.3 Å². The highest BCUT2D eigenvalue weighted by Crippen LogP contribution is 2.28. The molecule has 8 nitrogen and oxygen atoms in total. The van der Waals surface area contributed by atoms with Crippen LogP contribution in [-0.2, 0) is 24.3 Å². The van der Waals surface area contributed by atoms with Crippen LogP contribution < -0.4 is 14.8 Å². The molecular formula is C18H16Cl2F2N2O6S. The minimum atomic E-state index is -4.06. The lowest BCUT2D eigenvalue weighted by Gasteiger charge is -2.10. The van der Waals surface area contributed by atoms with Crippen LogP contribution in [0.5, 0.6) is 5.75 Å². The molecule has 31 heavy (non-hydrogen) atoms. The summed E-state index contributed by atoms with van der Waals surface area (Å²) in [6.45, 7) is -3.90. The van der Waals surface area contributed by atoms with E-state index in [1.54, 1.807) is 0 Å². The van der Waals surface area contributed by atoms with E-state index >= 15 is 0 Å². The summed E-state index contributed by atoms with van der Waals surface area (Å²) in [4.78, 5) is 23.2. The number of carbonyl (C=O) groups is 2. The van der Waals surface area contributed by atoms with E-state index in [1.165, 1.54) is 42.5 Å². The zero-order valence-electron chi connectivity index (χ0n) is 15.6. The molecule has 0 heterocycles. The van der Waals surface area contributed by atoms with Crippen molar-refractivity contribution in [1.82, 2.24) is 4.72 Å². The third-order valence-electron chi connectivity index (χ3n) is 3.54. The third kappa shape index (κ3) is 7.94. The molecule has 13 heteroatoms. The number of benzene rings is 2. The third-order valence-corrected chi connectivity index (χ3v) is 5.95. The van der Waals surface area contributed by atoms with E-state index in [1.807, 2.05) is 0 Å². The molecule has 2 N–H and O–H groups in total. The summed E-state index contributed by atoms with van der Waals surface area (Å²) >= 11 is 11.7. The van der Waals surface area contributed by atoms with Crippen LogP contribution in [-0.4, -0.2) is 40.1 Å². The lowest BCUT2D eigenvalue weighted by atomic mass is 10.3. The van der Waals surface area contributed by atoms with Crippen molar-refractivity contribution < 1.29 is 36.3 Å². The van der Waals surface area contributed by atoms with Crippen molar-refractivity contribution in [3.63, 3.8) is 0 Å². The molecule has 0 spiro atoms. The van der Waals surface area contributed by atoms with Crippen molar-refractivity contribution in [1.29, 1.82) is 0 Å². The van der Waals surface area contributed by atoms with Gasteiger partial charge in [0.1, 0.15) is 10.6 Å². The van der Waals surface area contributed by atoms with Crippen molar-refractivity contribution in [3.05, 3.63) is 52.5 Å². The summed E-state index contributed by atoms with van der Waals surface area (Å²) in [6.07, 6.45) is -0.353. The van der Waals surface area contributed by atoms with E-state index in [2.05, 4.69) is 14.8 Å². The molecule has 0 saturated heterocycles. The second kappa shape index (κ2) is 11.2. The highest BCUT2D eigenvalue weighted by molar-refractivity contribution is 7.89. The SMILES string of the molecule is O=C(COC(=O)CCNS(=O)(=O)c1c(Cl)cccc1Cl)Nc1ccc(OC(F)F)cc1. The number of sulfonamides is 1. The molecule has 2 aromatic rings. The number of alkyl halides is 2. The van der Waals surface area contributed by atoms with E-state index in [-0.39, 0.29) is 39.3 Å². The zero-order chi connectivity index (χ0) is 23.0. The fraction of sp³-hybridized carbons (Fsp3) is 0.222. The maximum absolute atomic E-state index is 12.3. The van der Waals surface area contributed by atoms with Crippen LogP contribution in [0, 0.1) is 0 Å². The highest BCUT2D eigenvalue weighted by atomic mass is 35.5. The standard InChI is InChI=1S/C18H16Cl2F2N2O6S/c19-13-2-1-3-14(20)17(13)31(27,28)23-9-8-16(26)29-10-15(25)24-11-4-6-12(7-5-11)30-18(21)22/h1-7,18,23H,8-10H2,(H,24,25). The van der Waals surface area contributed by atoms with Crippen LogP contribution in [0.4, 0.5) is 14.5 Å². The molecule has 0 unspecified atom stereocenters. The van der Waals surface area contributed by atoms with Gasteiger partial charge in [0.2, 0.25) is 10.0 Å². The minimum Gasteiger partial charge on any atom is -0.456 e. The minimum absolute atomic E-state index is 0.0759. The molecule has 2 rings (SSSR count). The van der Waals surface area contributed by atoms with E-state index < -0.39 is 35.1 Å². The number of carbonyl (C=O) groups excluding carboxylic acids is 2. The normalized spacial score (nSPS) is 11.3. The first-order valence-electron chi connectivity index (χ1n) is 8.52. The number of amides is 1. The summed E-state index contributed by atoms with van der Waals surface area (Å²) in [5.41, 5.74) is 0.270. The molecule has 0 atom stereocenters. The molecular weight excluding hydrogens is 481 g/mol. The average Bonchev–Trinajstić information content (AvgIpc) is 2.67. The Morgan fingerprint density at radius 1 is 1.03 bits per heavy atom. The summed E-state index contributed by atoms with van der Waals surface area (Å²) in [7, 11) is -4.06. The number of hydrogen-bond donors (Lipinski definition) is 2. The van der Waals surface area contributed by atoms with Crippen LogP contribution in [0.25, 0.3) is 0 Å². The van der Waals surface area contributed by atoms with Gasteiger partial charge >= 0.3 is 12.6 Å². The molecule has 0 radical (unpaired) electrons. The summed E-state index contributed by atoms with van der Waals surface area (Å²) < 4.78 is 59.8. The van der Waals surface area contributed by atoms with Crippen LogP contribution in [0.2, 0.25) is 10.0 Å². The maximum Gasteiger partial charge on any atom is 0.387 e. The highest BCUT2D eigenvalue weighted by Gasteiger charge is 2.21. The largest absolute Gasteiger partial charge is 0.456 e. The first kappa shape index (κ1) is 24.8. The average molecular weight is 497 g/mol. The molecule has 2 aromatic carbocycles. The predicted molar refractivity (Wildman–Crippen MR) is 109 cm³/mol. The second-order valence-electron chi connectivity index (χ2n) is 5.81. The number of esters is 1. The van der Waals surface area contributed by atoms with Crippen LogP contribution in [0.1, 0.15) is 6.42 Å². The number of hydrogen-bond acceptors (Lipinski definition) is 6. The molecule has 0 fully saturated rings. The van der Waals surface area contributed by atoms with Gasteiger partial charge in [-0.05, 0) is 36.4 Å². The van der Waals surface area contributed by atoms with Crippen LogP contribution in [0.15, 0.2) is 47.4 Å². The topological polar surface area (TPSA) is 111 Å². The summed E-state index contributed by atoms with van der Waals surface area (Å²) in [6, 6.07) is 9.30. The molecule has 0 saturated carbocycles. The lowest BCUT2D eigenvalue weighted by Crippen LogP contribution is -2.28. The first-order chi connectivity index (χ1) is 14.6. The van der Waals surface area contributed by atoms with Crippen molar-refractivity contribution in [2.24, 2.45) is 0 Å². The van der Waals surface area contributed by atoms with Gasteiger partial charge in [0.15, 0.2) is 6.61 Å². The fourth-order valence-electron chi connectivity index (χ4n) is 2.23. The smallest absolute Gasteiger partial charge is 0.387 e. The van der Waals surface area contributed by atoms with Crippen molar-refractivity contribution >= 4 is 50.8 Å². The van der Waals surface area contributed by atoms with Gasteiger partial charge in [0.25, 0.3) is 5.91 Å². The van der Waals surface area contributed by atoms with Crippen LogP contribution >= 0.6 is 23.2 Å². The van der Waals surface area contributed by atoms with Crippen molar-refractivity contribution in [2.45, 2.75) is 17.9 Å². The lowest BCUT2D eigenvalue weighted by molar-refractivity contribution is -0.147. The quantitative estimate of drug-likeness (QED) is 0.487. The van der Waals surface area contributed by atoms with Crippen LogP contribution in [0.3, 0.4) is 0 Å². The van der Waals surface area contributed by atoms with E-state index in [9.17, 15) is 26.8 Å².